The molecule has 3 rings (SSSR count). The van der Waals surface area contributed by atoms with Crippen LogP contribution in [0, 0.1) is 0 Å². The van der Waals surface area contributed by atoms with E-state index in [0.717, 1.165) is 30.5 Å². The van der Waals surface area contributed by atoms with E-state index in [1.54, 1.807) is 6.07 Å². The van der Waals surface area contributed by atoms with Gasteiger partial charge in [-0.2, -0.15) is 5.10 Å². The van der Waals surface area contributed by atoms with E-state index >= 15 is 0 Å². The number of benzene rings is 1. The van der Waals surface area contributed by atoms with Crippen molar-refractivity contribution in [3.63, 3.8) is 0 Å². The number of aromatic nitrogens is 2. The smallest absolute Gasteiger partial charge is 0.264 e. The maximum atomic E-state index is 11.7. The summed E-state index contributed by atoms with van der Waals surface area (Å²) >= 11 is 0. The number of aromatic amines is 1. The van der Waals surface area contributed by atoms with Gasteiger partial charge in [-0.05, 0) is 42.5 Å². The number of amides is 1. The molecule has 1 amide bonds. The van der Waals surface area contributed by atoms with Crippen LogP contribution in [0.2, 0.25) is 0 Å². The van der Waals surface area contributed by atoms with Crippen molar-refractivity contribution in [3.05, 3.63) is 51.8 Å². The van der Waals surface area contributed by atoms with Crippen molar-refractivity contribution in [1.82, 2.24) is 15.5 Å². The summed E-state index contributed by atoms with van der Waals surface area (Å²) in [5, 5.41) is 9.60. The lowest BCUT2D eigenvalue weighted by Crippen LogP contribution is -2.34. The third-order valence-electron chi connectivity index (χ3n) is 3.96. The molecule has 1 atom stereocenters. The second kappa shape index (κ2) is 6.13. The lowest BCUT2D eigenvalue weighted by molar-refractivity contribution is -0.121. The van der Waals surface area contributed by atoms with Gasteiger partial charge in [0.2, 0.25) is 5.91 Å². The lowest BCUT2D eigenvalue weighted by atomic mass is 10.0. The van der Waals surface area contributed by atoms with E-state index in [0.29, 0.717) is 6.42 Å². The van der Waals surface area contributed by atoms with E-state index in [1.165, 1.54) is 17.2 Å². The fourth-order valence-electron chi connectivity index (χ4n) is 2.91. The molecule has 2 N–H and O–H groups in total. The van der Waals surface area contributed by atoms with Gasteiger partial charge in [-0.1, -0.05) is 19.1 Å². The molecule has 1 unspecified atom stereocenters. The van der Waals surface area contributed by atoms with Crippen LogP contribution in [0.5, 0.6) is 0 Å². The summed E-state index contributed by atoms with van der Waals surface area (Å²) in [7, 11) is 0. The van der Waals surface area contributed by atoms with Gasteiger partial charge in [-0.15, -0.1) is 0 Å². The quantitative estimate of drug-likeness (QED) is 0.904. The molecule has 5 heteroatoms. The number of hydrogen-bond acceptors (Lipinski definition) is 3. The number of nitrogens with one attached hydrogen (secondary N) is 2. The maximum Gasteiger partial charge on any atom is 0.264 e. The summed E-state index contributed by atoms with van der Waals surface area (Å²) < 4.78 is 0. The highest BCUT2D eigenvalue weighted by atomic mass is 16.1. The number of hydrogen-bond donors (Lipinski definition) is 2. The fraction of sp³-hybridized carbons (Fsp3) is 0.353. The number of carbonyl (C=O) groups excluding carboxylic acids is 1. The van der Waals surface area contributed by atoms with Crippen LogP contribution < -0.4 is 10.9 Å². The first kappa shape index (κ1) is 14.5. The Balaban J connectivity index is 1.76. The van der Waals surface area contributed by atoms with Crippen LogP contribution in [-0.2, 0) is 17.6 Å². The van der Waals surface area contributed by atoms with Crippen molar-refractivity contribution >= 4 is 5.91 Å². The van der Waals surface area contributed by atoms with E-state index in [4.69, 9.17) is 0 Å². The zero-order chi connectivity index (χ0) is 15.5. The van der Waals surface area contributed by atoms with Crippen LogP contribution in [0.1, 0.15) is 30.9 Å². The first-order chi connectivity index (χ1) is 10.7. The zero-order valence-electron chi connectivity index (χ0n) is 12.6. The van der Waals surface area contributed by atoms with Gasteiger partial charge < -0.3 is 5.32 Å². The maximum absolute atomic E-state index is 11.7. The third-order valence-corrected chi connectivity index (χ3v) is 3.96. The highest BCUT2D eigenvalue weighted by Crippen LogP contribution is 2.27. The molecular weight excluding hydrogens is 278 g/mol. The molecular formula is C17H19N3O2. The Morgan fingerprint density at radius 1 is 1.27 bits per heavy atom. The molecule has 0 saturated carbocycles. The van der Waals surface area contributed by atoms with Gasteiger partial charge >= 0.3 is 0 Å². The average Bonchev–Trinajstić information content (AvgIpc) is 2.89. The normalized spacial score (nSPS) is 16.3. The SMILES string of the molecule is CCCC(=O)NC1Cc2ccc(-c3ccc(=O)[nH]n3)cc2C1. The number of nitrogens with zero attached hydrogens (tertiary/aromatic N) is 1. The first-order valence-electron chi connectivity index (χ1n) is 7.63. The molecule has 1 aromatic carbocycles. The van der Waals surface area contributed by atoms with Crippen LogP contribution in [0.25, 0.3) is 11.3 Å². The molecule has 1 aromatic heterocycles. The monoisotopic (exact) mass is 297 g/mol. The Morgan fingerprint density at radius 3 is 2.82 bits per heavy atom. The van der Waals surface area contributed by atoms with Gasteiger partial charge in [0.25, 0.3) is 5.56 Å². The first-order valence-corrected chi connectivity index (χ1v) is 7.63. The van der Waals surface area contributed by atoms with E-state index in [-0.39, 0.29) is 17.5 Å². The summed E-state index contributed by atoms with van der Waals surface area (Å²) in [6.45, 7) is 2.01. The van der Waals surface area contributed by atoms with Gasteiger partial charge in [0.05, 0.1) is 5.69 Å². The van der Waals surface area contributed by atoms with Crippen molar-refractivity contribution in [2.45, 2.75) is 38.6 Å². The van der Waals surface area contributed by atoms with Gasteiger partial charge in [-0.3, -0.25) is 9.59 Å². The van der Waals surface area contributed by atoms with Crippen LogP contribution >= 0.6 is 0 Å². The second-order valence-corrected chi connectivity index (χ2v) is 5.71. The minimum atomic E-state index is -0.205. The fourth-order valence-corrected chi connectivity index (χ4v) is 2.91. The van der Waals surface area contributed by atoms with Crippen molar-refractivity contribution < 1.29 is 4.79 Å². The summed E-state index contributed by atoms with van der Waals surface area (Å²) in [6.07, 6.45) is 3.18. The Labute approximate surface area is 128 Å². The Morgan fingerprint density at radius 2 is 2.09 bits per heavy atom. The highest BCUT2D eigenvalue weighted by Gasteiger charge is 2.23. The molecule has 0 radical (unpaired) electrons. The van der Waals surface area contributed by atoms with Crippen LogP contribution in [0.4, 0.5) is 0 Å². The van der Waals surface area contributed by atoms with Crippen molar-refractivity contribution in [2.75, 3.05) is 0 Å². The minimum Gasteiger partial charge on any atom is -0.353 e. The standard InChI is InChI=1S/C17H19N3O2/c1-2-3-16(21)18-14-9-11-4-5-12(8-13(11)10-14)15-6-7-17(22)20-19-15/h4-8,14H,2-3,9-10H2,1H3,(H,18,21)(H,20,22). The number of H-pyrrole nitrogens is 1. The third kappa shape index (κ3) is 3.08. The molecule has 0 bridgehead atoms. The number of carbonyl (C=O) groups is 1. The Hall–Kier alpha value is -2.43. The zero-order valence-corrected chi connectivity index (χ0v) is 12.6. The Kier molecular flexibility index (Phi) is 4.04. The molecule has 22 heavy (non-hydrogen) atoms. The highest BCUT2D eigenvalue weighted by molar-refractivity contribution is 5.76. The molecule has 1 aliphatic rings. The second-order valence-electron chi connectivity index (χ2n) is 5.71. The predicted molar refractivity (Wildman–Crippen MR) is 84.5 cm³/mol. The summed E-state index contributed by atoms with van der Waals surface area (Å²) in [4.78, 5) is 22.8. The van der Waals surface area contributed by atoms with Crippen LogP contribution in [0.3, 0.4) is 0 Å². The lowest BCUT2D eigenvalue weighted by Gasteiger charge is -2.11. The molecule has 1 aliphatic carbocycles. The van der Waals surface area contributed by atoms with Crippen LogP contribution in [-0.4, -0.2) is 22.1 Å². The Bertz CT molecular complexity index is 731. The van der Waals surface area contributed by atoms with Crippen molar-refractivity contribution in [3.8, 4) is 11.3 Å². The predicted octanol–water partition coefficient (Wildman–Crippen LogP) is 1.82. The molecule has 0 aliphatic heterocycles. The molecule has 5 nitrogen and oxygen atoms in total. The van der Waals surface area contributed by atoms with Gasteiger partial charge in [0, 0.05) is 24.1 Å². The van der Waals surface area contributed by atoms with E-state index in [9.17, 15) is 9.59 Å². The number of rotatable bonds is 4. The van der Waals surface area contributed by atoms with E-state index < -0.39 is 0 Å². The number of fused-ring (bicyclic) bond motifs is 1. The van der Waals surface area contributed by atoms with Crippen molar-refractivity contribution in [2.24, 2.45) is 0 Å². The molecule has 2 aromatic rings. The molecule has 114 valence electrons. The molecule has 0 fully saturated rings. The largest absolute Gasteiger partial charge is 0.353 e. The molecule has 0 spiro atoms. The molecule has 0 saturated heterocycles. The summed E-state index contributed by atoms with van der Waals surface area (Å²) in [5.41, 5.74) is 4.04. The summed E-state index contributed by atoms with van der Waals surface area (Å²) in [5.74, 6) is 0.128. The topological polar surface area (TPSA) is 74.8 Å². The average molecular weight is 297 g/mol. The van der Waals surface area contributed by atoms with Gasteiger partial charge in [0.15, 0.2) is 0 Å². The minimum absolute atomic E-state index is 0.128. The van der Waals surface area contributed by atoms with Gasteiger partial charge in [-0.25, -0.2) is 5.10 Å². The van der Waals surface area contributed by atoms with Crippen LogP contribution in [0.15, 0.2) is 35.1 Å². The molecule has 1 heterocycles. The van der Waals surface area contributed by atoms with E-state index in [1.807, 2.05) is 13.0 Å². The van der Waals surface area contributed by atoms with E-state index in [2.05, 4.69) is 27.6 Å². The van der Waals surface area contributed by atoms with Crippen molar-refractivity contribution in [1.29, 1.82) is 0 Å². The summed E-state index contributed by atoms with van der Waals surface area (Å²) in [6, 6.07) is 9.58. The van der Waals surface area contributed by atoms with Gasteiger partial charge in [0.1, 0.15) is 0 Å².